The second-order valence-electron chi connectivity index (χ2n) is 5.55. The fraction of sp³-hybridized carbons (Fsp3) is 0.467. The van der Waals surface area contributed by atoms with Crippen molar-refractivity contribution in [2.24, 2.45) is 0 Å². The Morgan fingerprint density at radius 3 is 2.42 bits per heavy atom. The van der Waals surface area contributed by atoms with E-state index in [1.165, 1.54) is 24.3 Å². The normalized spacial score (nSPS) is 16.6. The molecule has 1 fully saturated rings. The molecule has 0 aromatic heterocycles. The molecule has 1 saturated heterocycles. The number of benzene rings is 1. The van der Waals surface area contributed by atoms with Gasteiger partial charge >= 0.3 is 6.61 Å². The van der Waals surface area contributed by atoms with Gasteiger partial charge in [-0.2, -0.15) is 8.78 Å². The van der Waals surface area contributed by atoms with Gasteiger partial charge in [0.15, 0.2) is 0 Å². The molecular weight excluding hydrogens is 324 g/mol. The Morgan fingerprint density at radius 2 is 1.88 bits per heavy atom. The Kier molecular flexibility index (Phi) is 6.44. The number of nitrogens with one attached hydrogen (secondary N) is 2. The van der Waals surface area contributed by atoms with E-state index in [1.807, 2.05) is 0 Å². The molecule has 2 rings (SSSR count). The zero-order valence-corrected chi connectivity index (χ0v) is 13.0. The Labute approximate surface area is 137 Å². The van der Waals surface area contributed by atoms with Gasteiger partial charge < -0.3 is 30.2 Å². The summed E-state index contributed by atoms with van der Waals surface area (Å²) in [5.74, 6) is -1.74. The number of alkyl halides is 2. The van der Waals surface area contributed by atoms with Crippen LogP contribution in [0.25, 0.3) is 0 Å². The van der Waals surface area contributed by atoms with Gasteiger partial charge in [0.05, 0.1) is 12.4 Å². The topological polar surface area (TPSA) is 99.5 Å². The molecule has 7 nitrogen and oxygen atoms in total. The van der Waals surface area contributed by atoms with E-state index in [-0.39, 0.29) is 12.2 Å². The van der Waals surface area contributed by atoms with E-state index >= 15 is 0 Å². The fourth-order valence-electron chi connectivity index (χ4n) is 2.70. The van der Waals surface area contributed by atoms with Gasteiger partial charge in [-0.3, -0.25) is 4.79 Å². The first kappa shape index (κ1) is 18.1. The van der Waals surface area contributed by atoms with Crippen molar-refractivity contribution in [3.8, 4) is 5.75 Å². The molecule has 9 heteroatoms. The standard InChI is InChI=1S/C15H19F2N3O4/c16-15(17)24-11-3-1-10(2-4-11)19-13(21)9-12(14(22)23)20-7-5-18-6-8-20/h1-4,12,15,18H,5-9H2,(H,19,21)(H,22,23)/p+1/t12-/m1/s1. The zero-order chi connectivity index (χ0) is 17.5. The van der Waals surface area contributed by atoms with Crippen LogP contribution in [0.1, 0.15) is 6.42 Å². The van der Waals surface area contributed by atoms with Crippen LogP contribution in [0.5, 0.6) is 5.75 Å². The van der Waals surface area contributed by atoms with Crippen molar-refractivity contribution < 1.29 is 38.4 Å². The van der Waals surface area contributed by atoms with E-state index in [0.29, 0.717) is 18.8 Å². The van der Waals surface area contributed by atoms with E-state index in [4.69, 9.17) is 0 Å². The lowest BCUT2D eigenvalue weighted by Gasteiger charge is -2.30. The first-order valence-electron chi connectivity index (χ1n) is 7.67. The summed E-state index contributed by atoms with van der Waals surface area (Å²) >= 11 is 0. The van der Waals surface area contributed by atoms with Gasteiger partial charge in [-0.05, 0) is 24.3 Å². The quantitative estimate of drug-likeness (QED) is 0.497. The highest BCUT2D eigenvalue weighted by Gasteiger charge is 2.29. The number of carbonyl (C=O) groups is 2. The molecule has 24 heavy (non-hydrogen) atoms. The number of aliphatic carboxylic acids is 1. The summed E-state index contributed by atoms with van der Waals surface area (Å²) in [6.45, 7) is 0.0228. The number of carboxylic acid groups (broad SMARTS) is 1. The first-order valence-corrected chi connectivity index (χ1v) is 7.67. The third kappa shape index (κ3) is 5.43. The van der Waals surface area contributed by atoms with Gasteiger partial charge in [-0.25, -0.2) is 0 Å². The SMILES string of the molecule is O=C(C[C@H](C(=O)[O-])[NH+]1CC[NH2+]CC1)Nc1ccc(OC(F)F)cc1. The molecule has 1 aromatic carbocycles. The van der Waals surface area contributed by atoms with Crippen LogP contribution in [0.2, 0.25) is 0 Å². The van der Waals surface area contributed by atoms with Crippen LogP contribution in [0, 0.1) is 0 Å². The number of ether oxygens (including phenoxy) is 1. The lowest BCUT2D eigenvalue weighted by molar-refractivity contribution is -0.961. The van der Waals surface area contributed by atoms with E-state index in [2.05, 4.69) is 15.4 Å². The predicted octanol–water partition coefficient (Wildman–Crippen LogP) is -2.80. The van der Waals surface area contributed by atoms with Crippen molar-refractivity contribution in [2.45, 2.75) is 19.1 Å². The minimum absolute atomic E-state index is 0.0235. The summed E-state index contributed by atoms with van der Waals surface area (Å²) in [5, 5.41) is 16.0. The second-order valence-corrected chi connectivity index (χ2v) is 5.55. The summed E-state index contributed by atoms with van der Waals surface area (Å²) in [7, 11) is 0. The number of nitrogens with two attached hydrogens (primary N) is 1. The highest BCUT2D eigenvalue weighted by atomic mass is 19.3. The molecule has 1 amide bonds. The van der Waals surface area contributed by atoms with Crippen LogP contribution in [-0.4, -0.2) is 50.7 Å². The van der Waals surface area contributed by atoms with Gasteiger partial charge in [0.1, 0.15) is 38.0 Å². The Hall–Kier alpha value is -2.26. The summed E-state index contributed by atoms with van der Waals surface area (Å²) in [6.07, 6.45) is -0.201. The number of rotatable bonds is 7. The number of hydrogen-bond donors (Lipinski definition) is 3. The van der Waals surface area contributed by atoms with Crippen LogP contribution in [0.15, 0.2) is 24.3 Å². The molecule has 0 aliphatic carbocycles. The zero-order valence-electron chi connectivity index (χ0n) is 13.0. The summed E-state index contributed by atoms with van der Waals surface area (Å²) in [6, 6.07) is 4.51. The van der Waals surface area contributed by atoms with Crippen LogP contribution in [0.4, 0.5) is 14.5 Å². The Balaban J connectivity index is 1.91. The van der Waals surface area contributed by atoms with Crippen molar-refractivity contribution in [3.05, 3.63) is 24.3 Å². The van der Waals surface area contributed by atoms with Crippen LogP contribution >= 0.6 is 0 Å². The average molecular weight is 344 g/mol. The summed E-state index contributed by atoms with van der Waals surface area (Å²) < 4.78 is 28.3. The number of amides is 1. The van der Waals surface area contributed by atoms with Gasteiger partial charge in [-0.1, -0.05) is 0 Å². The van der Waals surface area contributed by atoms with E-state index in [1.54, 1.807) is 0 Å². The largest absolute Gasteiger partial charge is 0.544 e. The molecule has 0 bridgehead atoms. The maximum Gasteiger partial charge on any atom is 0.387 e. The number of piperazine rings is 1. The lowest BCUT2D eigenvalue weighted by Crippen LogP contribution is -3.24. The summed E-state index contributed by atoms with van der Waals surface area (Å²) in [5.41, 5.74) is 0.376. The third-order valence-electron chi connectivity index (χ3n) is 3.87. The number of halogens is 2. The fourth-order valence-corrected chi connectivity index (χ4v) is 2.70. The van der Waals surface area contributed by atoms with Crippen molar-refractivity contribution in [1.82, 2.24) is 0 Å². The highest BCUT2D eigenvalue weighted by molar-refractivity contribution is 5.93. The molecular formula is C15H20F2N3O4+. The second kappa shape index (κ2) is 8.55. The van der Waals surface area contributed by atoms with Gasteiger partial charge in [0, 0.05) is 5.69 Å². The third-order valence-corrected chi connectivity index (χ3v) is 3.87. The minimum Gasteiger partial charge on any atom is -0.544 e. The predicted molar refractivity (Wildman–Crippen MR) is 77.5 cm³/mol. The Morgan fingerprint density at radius 1 is 1.25 bits per heavy atom. The van der Waals surface area contributed by atoms with Crippen molar-refractivity contribution >= 4 is 17.6 Å². The average Bonchev–Trinajstić information content (AvgIpc) is 2.54. The molecule has 0 unspecified atom stereocenters. The molecule has 4 N–H and O–H groups in total. The number of anilines is 1. The minimum atomic E-state index is -2.92. The van der Waals surface area contributed by atoms with E-state index in [0.717, 1.165) is 18.0 Å². The lowest BCUT2D eigenvalue weighted by atomic mass is 10.1. The van der Waals surface area contributed by atoms with Crippen molar-refractivity contribution in [1.29, 1.82) is 0 Å². The molecule has 0 saturated carbocycles. The number of hydrogen-bond acceptors (Lipinski definition) is 4. The molecule has 0 spiro atoms. The summed E-state index contributed by atoms with van der Waals surface area (Å²) in [4.78, 5) is 24.2. The smallest absolute Gasteiger partial charge is 0.387 e. The van der Waals surface area contributed by atoms with E-state index in [9.17, 15) is 23.5 Å². The van der Waals surface area contributed by atoms with Gasteiger partial charge in [0.2, 0.25) is 5.91 Å². The maximum absolute atomic E-state index is 12.1. The van der Waals surface area contributed by atoms with E-state index < -0.39 is 24.5 Å². The van der Waals surface area contributed by atoms with Crippen molar-refractivity contribution in [3.63, 3.8) is 0 Å². The Bertz CT molecular complexity index is 562. The first-order chi connectivity index (χ1) is 11.5. The molecule has 0 radical (unpaired) electrons. The van der Waals surface area contributed by atoms with Crippen LogP contribution < -0.4 is 25.4 Å². The van der Waals surface area contributed by atoms with Crippen LogP contribution in [-0.2, 0) is 9.59 Å². The number of quaternary nitrogens is 2. The highest BCUT2D eigenvalue weighted by Crippen LogP contribution is 2.17. The molecule has 1 heterocycles. The molecule has 1 aliphatic heterocycles. The molecule has 1 aliphatic rings. The molecule has 132 valence electrons. The number of carboxylic acids is 1. The maximum atomic E-state index is 12.1. The molecule has 1 atom stereocenters. The van der Waals surface area contributed by atoms with Gasteiger partial charge in [0.25, 0.3) is 0 Å². The molecule has 1 aromatic rings. The van der Waals surface area contributed by atoms with Crippen molar-refractivity contribution in [2.75, 3.05) is 31.5 Å². The monoisotopic (exact) mass is 344 g/mol. The number of carbonyl (C=O) groups excluding carboxylic acids is 2. The van der Waals surface area contributed by atoms with Crippen LogP contribution in [0.3, 0.4) is 0 Å². The van der Waals surface area contributed by atoms with Gasteiger partial charge in [-0.15, -0.1) is 0 Å².